The molecule has 11 heteroatoms. The maximum Gasteiger partial charge on any atom is 0.229 e. The molecule has 0 spiro atoms. The van der Waals surface area contributed by atoms with Gasteiger partial charge in [-0.05, 0) is 50.7 Å². The molecule has 4 rings (SSSR count). The molecule has 4 N–H and O–H groups in total. The third kappa shape index (κ3) is 9.11. The Hall–Kier alpha value is -2.34. The number of allylic oxidation sites excluding steroid dienone is 4. The molecule has 4 heterocycles. The van der Waals surface area contributed by atoms with Gasteiger partial charge in [0.25, 0.3) is 0 Å². The van der Waals surface area contributed by atoms with Crippen molar-refractivity contribution in [3.63, 3.8) is 0 Å². The summed E-state index contributed by atoms with van der Waals surface area (Å²) in [4.78, 5) is 25.1. The zero-order valence-corrected chi connectivity index (χ0v) is 27.2. The van der Waals surface area contributed by atoms with Crippen molar-refractivity contribution in [2.75, 3.05) is 52.5 Å². The number of carbonyl (C=O) groups excluding carboxylic acids is 1. The number of amides is 1. The minimum absolute atomic E-state index is 0.0962. The average molecular weight is 620 g/mol. The fraction of sp³-hybridized carbons (Fsp3) is 0.758. The fourth-order valence-corrected chi connectivity index (χ4v) is 6.87. The molecule has 2 saturated heterocycles. The normalized spacial score (nSPS) is 33.7. The Balaban J connectivity index is 1.53. The molecular formula is C33H55F2N7O2. The van der Waals surface area contributed by atoms with Gasteiger partial charge in [0.05, 0.1) is 36.4 Å². The van der Waals surface area contributed by atoms with Crippen molar-refractivity contribution < 1.29 is 18.3 Å². The molecule has 6 atom stereocenters. The van der Waals surface area contributed by atoms with E-state index < -0.39 is 36.0 Å². The first-order valence-corrected chi connectivity index (χ1v) is 16.8. The number of nitrogens with one attached hydrogen (secondary N) is 2. The molecule has 2 fully saturated rings. The highest BCUT2D eigenvalue weighted by Crippen LogP contribution is 2.27. The van der Waals surface area contributed by atoms with E-state index in [4.69, 9.17) is 10.5 Å². The molecule has 248 valence electrons. The Bertz CT molecular complexity index is 1050. The zero-order valence-electron chi connectivity index (χ0n) is 27.2. The van der Waals surface area contributed by atoms with Crippen LogP contribution in [0.15, 0.2) is 40.7 Å². The number of nitrogens with two attached hydrogens (primary N) is 1. The van der Waals surface area contributed by atoms with E-state index >= 15 is 4.39 Å². The minimum atomic E-state index is -0.793. The van der Waals surface area contributed by atoms with E-state index in [0.717, 1.165) is 96.4 Å². The van der Waals surface area contributed by atoms with Crippen molar-refractivity contribution >= 4 is 12.1 Å². The molecule has 44 heavy (non-hydrogen) atoms. The van der Waals surface area contributed by atoms with E-state index in [0.29, 0.717) is 12.6 Å². The maximum absolute atomic E-state index is 16.1. The van der Waals surface area contributed by atoms with E-state index in [1.54, 1.807) is 19.2 Å². The Morgan fingerprint density at radius 1 is 1.14 bits per heavy atom. The Labute approximate surface area is 263 Å². The number of unbranched alkanes of at least 4 members (excludes halogenated alkanes) is 2. The summed E-state index contributed by atoms with van der Waals surface area (Å²) in [6, 6.07) is -1.11. The monoisotopic (exact) mass is 619 g/mol. The molecule has 0 aliphatic carbocycles. The van der Waals surface area contributed by atoms with Gasteiger partial charge in [-0.15, -0.1) is 0 Å². The summed E-state index contributed by atoms with van der Waals surface area (Å²) in [6.45, 7) is 14.0. The first-order chi connectivity index (χ1) is 21.2. The Morgan fingerprint density at radius 2 is 1.84 bits per heavy atom. The van der Waals surface area contributed by atoms with Crippen LogP contribution in [-0.2, 0) is 9.53 Å². The molecule has 6 unspecified atom stereocenters. The van der Waals surface area contributed by atoms with E-state index in [2.05, 4.69) is 32.3 Å². The van der Waals surface area contributed by atoms with Gasteiger partial charge in [-0.1, -0.05) is 33.6 Å². The first-order valence-electron chi connectivity index (χ1n) is 16.8. The first kappa shape index (κ1) is 34.5. The fourth-order valence-electron chi connectivity index (χ4n) is 6.87. The number of nitrogens with zero attached hydrogens (tertiary/aromatic N) is 4. The lowest BCUT2D eigenvalue weighted by Crippen LogP contribution is -2.64. The van der Waals surface area contributed by atoms with E-state index in [1.165, 1.54) is 6.08 Å². The van der Waals surface area contributed by atoms with Crippen LogP contribution in [0.25, 0.3) is 0 Å². The van der Waals surface area contributed by atoms with Crippen molar-refractivity contribution in [3.05, 3.63) is 35.7 Å². The maximum atomic E-state index is 16.1. The quantitative estimate of drug-likeness (QED) is 0.321. The molecule has 0 aromatic carbocycles. The molecule has 0 saturated carbocycles. The van der Waals surface area contributed by atoms with Gasteiger partial charge in [0.15, 0.2) is 0 Å². The van der Waals surface area contributed by atoms with Crippen LogP contribution in [-0.4, -0.2) is 110 Å². The van der Waals surface area contributed by atoms with Crippen molar-refractivity contribution in [1.82, 2.24) is 25.3 Å². The molecule has 0 aromatic heterocycles. The topological polar surface area (TPSA) is 98.5 Å². The minimum Gasteiger partial charge on any atom is -0.381 e. The summed E-state index contributed by atoms with van der Waals surface area (Å²) in [5, 5.41) is 6.51. The number of rotatable bonds is 10. The number of aliphatic imine (C=N–C) groups is 1. The number of ether oxygens (including phenoxy) is 1. The molecule has 9 nitrogen and oxygen atoms in total. The van der Waals surface area contributed by atoms with Gasteiger partial charge in [0.1, 0.15) is 11.7 Å². The summed E-state index contributed by atoms with van der Waals surface area (Å²) in [7, 11) is 0. The smallest absolute Gasteiger partial charge is 0.229 e. The van der Waals surface area contributed by atoms with Crippen LogP contribution in [0.3, 0.4) is 0 Å². The van der Waals surface area contributed by atoms with E-state index in [9.17, 15) is 9.18 Å². The number of hydrogen-bond acceptors (Lipinski definition) is 8. The SMILES string of the molecule is CCCCCN1C=C(F)C(N2CCN(C3CCOCC3)CC2)C(NC(=O)C2C(C)\N=C/C(F)=C\C=C(\C(C)CC)NC2N)C1. The van der Waals surface area contributed by atoms with Crippen LogP contribution < -0.4 is 16.4 Å². The number of piperazine rings is 1. The molecule has 0 radical (unpaired) electrons. The predicted molar refractivity (Wildman–Crippen MR) is 172 cm³/mol. The second-order valence-electron chi connectivity index (χ2n) is 12.9. The van der Waals surface area contributed by atoms with Gasteiger partial charge in [-0.2, -0.15) is 0 Å². The van der Waals surface area contributed by atoms with Gasteiger partial charge in [-0.25, -0.2) is 8.78 Å². The van der Waals surface area contributed by atoms with E-state index in [1.807, 2.05) is 18.7 Å². The largest absolute Gasteiger partial charge is 0.381 e. The molecule has 0 aromatic rings. The lowest BCUT2D eigenvalue weighted by molar-refractivity contribution is -0.128. The van der Waals surface area contributed by atoms with Crippen LogP contribution in [0.1, 0.15) is 66.2 Å². The predicted octanol–water partition coefficient (Wildman–Crippen LogP) is 3.70. The summed E-state index contributed by atoms with van der Waals surface area (Å²) >= 11 is 0. The van der Waals surface area contributed by atoms with Crippen molar-refractivity contribution in [2.24, 2.45) is 22.6 Å². The van der Waals surface area contributed by atoms with Gasteiger partial charge < -0.3 is 26.0 Å². The molecule has 0 bridgehead atoms. The van der Waals surface area contributed by atoms with Crippen molar-refractivity contribution in [1.29, 1.82) is 0 Å². The Morgan fingerprint density at radius 3 is 2.52 bits per heavy atom. The lowest BCUT2D eigenvalue weighted by Gasteiger charge is -2.47. The van der Waals surface area contributed by atoms with Crippen LogP contribution in [0.2, 0.25) is 0 Å². The Kier molecular flexibility index (Phi) is 13.2. The average Bonchev–Trinajstić information content (AvgIpc) is 3.02. The standard InChI is InChI=1S/C33H55F2N7O2/c1-5-7-8-13-40-21-27(35)31(42-16-14-41(15-17-42)26-11-18-44-19-12-26)29(22-40)39-33(43)30-24(4)37-20-25(34)9-10-28(23(3)6-2)38-32(30)36/h9-10,20-21,23-24,26,29-32,38H,5-8,11-19,22,36H2,1-4H3,(H,39,43)/b25-9+,28-10-,37-20-. The van der Waals surface area contributed by atoms with Crippen LogP contribution in [0, 0.1) is 11.8 Å². The second kappa shape index (κ2) is 16.8. The van der Waals surface area contributed by atoms with Crippen molar-refractivity contribution in [2.45, 2.75) is 96.6 Å². The van der Waals surface area contributed by atoms with Crippen LogP contribution in [0.5, 0.6) is 0 Å². The van der Waals surface area contributed by atoms with Gasteiger partial charge >= 0.3 is 0 Å². The highest BCUT2D eigenvalue weighted by molar-refractivity contribution is 5.82. The summed E-state index contributed by atoms with van der Waals surface area (Å²) in [5.41, 5.74) is 7.43. The number of carbonyl (C=O) groups is 1. The van der Waals surface area contributed by atoms with E-state index in [-0.39, 0.29) is 17.7 Å². The highest BCUT2D eigenvalue weighted by atomic mass is 19.1. The van der Waals surface area contributed by atoms with Gasteiger partial charge in [0, 0.05) is 70.4 Å². The van der Waals surface area contributed by atoms with Crippen LogP contribution in [0.4, 0.5) is 8.78 Å². The zero-order chi connectivity index (χ0) is 31.6. The van der Waals surface area contributed by atoms with Crippen LogP contribution >= 0.6 is 0 Å². The molecule has 4 aliphatic heterocycles. The summed E-state index contributed by atoms with van der Waals surface area (Å²) in [6.07, 6.45) is 11.1. The van der Waals surface area contributed by atoms with Gasteiger partial charge in [0.2, 0.25) is 5.91 Å². The van der Waals surface area contributed by atoms with Crippen molar-refractivity contribution in [3.8, 4) is 0 Å². The third-order valence-electron chi connectivity index (χ3n) is 9.77. The lowest BCUT2D eigenvalue weighted by atomic mass is 9.93. The third-order valence-corrected chi connectivity index (χ3v) is 9.77. The van der Waals surface area contributed by atoms with Gasteiger partial charge in [-0.3, -0.25) is 19.6 Å². The highest BCUT2D eigenvalue weighted by Gasteiger charge is 2.41. The number of halogens is 2. The molecule has 4 aliphatic rings. The second-order valence-corrected chi connectivity index (χ2v) is 12.9. The molecule has 1 amide bonds. The summed E-state index contributed by atoms with van der Waals surface area (Å²) in [5.74, 6) is -1.71. The summed E-state index contributed by atoms with van der Waals surface area (Å²) < 4.78 is 36.1. The molecular weight excluding hydrogens is 564 g/mol. The number of hydrogen-bond donors (Lipinski definition) is 3.